The summed E-state index contributed by atoms with van der Waals surface area (Å²) in [6.07, 6.45) is 3.67. The van der Waals surface area contributed by atoms with Crippen molar-refractivity contribution in [3.05, 3.63) is 102 Å². The van der Waals surface area contributed by atoms with Crippen LogP contribution in [0.3, 0.4) is 0 Å². The first-order chi connectivity index (χ1) is 19.4. The molecule has 0 fully saturated rings. The highest BCUT2D eigenvalue weighted by Gasteiger charge is 2.15. The number of nitrogens with one attached hydrogen (secondary N) is 2. The van der Waals surface area contributed by atoms with Gasteiger partial charge in [0.2, 0.25) is 5.95 Å². The number of amides is 2. The number of ketones is 1. The van der Waals surface area contributed by atoms with Gasteiger partial charge in [0.05, 0.1) is 5.69 Å². The molecule has 0 radical (unpaired) electrons. The molecule has 0 saturated carbocycles. The Hall–Kier alpha value is -4.85. The van der Waals surface area contributed by atoms with E-state index in [1.807, 2.05) is 67.6 Å². The van der Waals surface area contributed by atoms with E-state index in [1.54, 1.807) is 42.3 Å². The largest absolute Gasteiger partial charge is 0.339 e. The van der Waals surface area contributed by atoms with Gasteiger partial charge >= 0.3 is 0 Å². The molecule has 0 aliphatic carbocycles. The number of carbonyl (C=O) groups excluding carboxylic acids is 3. The first-order valence-electron chi connectivity index (χ1n) is 13.4. The minimum atomic E-state index is -0.166. The molecule has 8 nitrogen and oxygen atoms in total. The quantitative estimate of drug-likeness (QED) is 0.219. The predicted octanol–water partition coefficient (Wildman–Crippen LogP) is 6.36. The van der Waals surface area contributed by atoms with Crippen molar-refractivity contribution in [3.63, 3.8) is 0 Å². The second-order valence-corrected chi connectivity index (χ2v) is 9.46. The van der Waals surface area contributed by atoms with Gasteiger partial charge in [-0.2, -0.15) is 0 Å². The molecule has 2 amide bonds. The molecule has 0 aliphatic heterocycles. The zero-order valence-corrected chi connectivity index (χ0v) is 22.8. The number of benzene rings is 3. The number of hydrogen-bond donors (Lipinski definition) is 2. The number of rotatable bonds is 12. The predicted molar refractivity (Wildman–Crippen MR) is 158 cm³/mol. The van der Waals surface area contributed by atoms with Crippen LogP contribution in [-0.4, -0.2) is 45.6 Å². The van der Waals surface area contributed by atoms with E-state index >= 15 is 0 Å². The fourth-order valence-corrected chi connectivity index (χ4v) is 4.21. The van der Waals surface area contributed by atoms with Crippen molar-refractivity contribution in [2.24, 2.45) is 0 Å². The summed E-state index contributed by atoms with van der Waals surface area (Å²) in [6, 6.07) is 25.6. The summed E-state index contributed by atoms with van der Waals surface area (Å²) in [5.41, 5.74) is 4.24. The van der Waals surface area contributed by atoms with E-state index < -0.39 is 0 Å². The monoisotopic (exact) mass is 535 g/mol. The molecule has 1 aromatic heterocycles. The average Bonchev–Trinajstić information content (AvgIpc) is 2.97. The molecule has 4 aromatic rings. The van der Waals surface area contributed by atoms with Crippen LogP contribution in [-0.2, 0) is 4.79 Å². The molecular weight excluding hydrogens is 502 g/mol. The Balaban J connectivity index is 1.38. The van der Waals surface area contributed by atoms with Crippen molar-refractivity contribution < 1.29 is 14.4 Å². The van der Waals surface area contributed by atoms with Crippen LogP contribution in [0.1, 0.15) is 53.8 Å². The summed E-state index contributed by atoms with van der Waals surface area (Å²) in [5, 5.41) is 6.09. The van der Waals surface area contributed by atoms with E-state index in [2.05, 4.69) is 20.6 Å². The molecule has 0 aliphatic rings. The Morgan fingerprint density at radius 1 is 0.800 bits per heavy atom. The van der Waals surface area contributed by atoms with Crippen LogP contribution < -0.4 is 10.6 Å². The van der Waals surface area contributed by atoms with Gasteiger partial charge in [-0.05, 0) is 74.4 Å². The van der Waals surface area contributed by atoms with Crippen molar-refractivity contribution >= 4 is 34.9 Å². The van der Waals surface area contributed by atoms with Crippen LogP contribution in [0.5, 0.6) is 0 Å². The average molecular weight is 536 g/mol. The van der Waals surface area contributed by atoms with Crippen molar-refractivity contribution in [3.8, 4) is 11.3 Å². The molecule has 1 heterocycles. The fraction of sp³-hybridized carbons (Fsp3) is 0.219. The molecule has 0 spiro atoms. The molecule has 0 saturated heterocycles. The van der Waals surface area contributed by atoms with Crippen LogP contribution >= 0.6 is 0 Å². The van der Waals surface area contributed by atoms with Crippen molar-refractivity contribution in [2.75, 3.05) is 23.7 Å². The van der Waals surface area contributed by atoms with E-state index in [0.717, 1.165) is 23.4 Å². The van der Waals surface area contributed by atoms with Gasteiger partial charge in [0, 0.05) is 53.8 Å². The molecule has 0 unspecified atom stereocenters. The van der Waals surface area contributed by atoms with Gasteiger partial charge in [0.1, 0.15) is 5.78 Å². The Labute approximate surface area is 234 Å². The number of hydrogen-bond acceptors (Lipinski definition) is 6. The smallest absolute Gasteiger partial charge is 0.255 e. The molecule has 2 N–H and O–H groups in total. The van der Waals surface area contributed by atoms with Crippen LogP contribution in [0.25, 0.3) is 11.3 Å². The molecule has 40 heavy (non-hydrogen) atoms. The SMILES string of the molecule is CCCN(CCCC(C)=O)C(=O)c1ccc(Nc2nccc(-c3ccc(NC(=O)c4ccccc4)cc3)n2)cc1. The third-order valence-electron chi connectivity index (χ3n) is 6.26. The number of nitrogens with zero attached hydrogens (tertiary/aromatic N) is 3. The topological polar surface area (TPSA) is 104 Å². The summed E-state index contributed by atoms with van der Waals surface area (Å²) in [6.45, 7) is 4.82. The molecule has 0 bridgehead atoms. The zero-order chi connectivity index (χ0) is 28.3. The van der Waals surface area contributed by atoms with Crippen molar-refractivity contribution in [2.45, 2.75) is 33.1 Å². The lowest BCUT2D eigenvalue weighted by molar-refractivity contribution is -0.117. The molecule has 8 heteroatoms. The van der Waals surface area contributed by atoms with E-state index in [1.165, 1.54) is 0 Å². The number of Topliss-reactive ketones (excluding diaryl/α,β-unsaturated/α-hetero) is 1. The summed E-state index contributed by atoms with van der Waals surface area (Å²) in [5.74, 6) is 0.351. The normalized spacial score (nSPS) is 10.6. The maximum absolute atomic E-state index is 13.0. The van der Waals surface area contributed by atoms with Gasteiger partial charge in [-0.15, -0.1) is 0 Å². The lowest BCUT2D eigenvalue weighted by Crippen LogP contribution is -2.32. The second-order valence-electron chi connectivity index (χ2n) is 9.46. The van der Waals surface area contributed by atoms with Crippen LogP contribution in [0, 0.1) is 0 Å². The first kappa shape index (κ1) is 28.2. The maximum atomic E-state index is 13.0. The van der Waals surface area contributed by atoms with Crippen LogP contribution in [0.15, 0.2) is 91.1 Å². The first-order valence-corrected chi connectivity index (χ1v) is 13.4. The summed E-state index contributed by atoms with van der Waals surface area (Å²) >= 11 is 0. The Morgan fingerprint density at radius 2 is 1.50 bits per heavy atom. The summed E-state index contributed by atoms with van der Waals surface area (Å²) < 4.78 is 0. The summed E-state index contributed by atoms with van der Waals surface area (Å²) in [4.78, 5) is 47.4. The van der Waals surface area contributed by atoms with Gasteiger partial charge in [-0.3, -0.25) is 9.59 Å². The highest BCUT2D eigenvalue weighted by atomic mass is 16.2. The zero-order valence-electron chi connectivity index (χ0n) is 22.8. The molecule has 4 rings (SSSR count). The van der Waals surface area contributed by atoms with Gasteiger partial charge < -0.3 is 20.3 Å². The van der Waals surface area contributed by atoms with E-state index in [9.17, 15) is 14.4 Å². The van der Waals surface area contributed by atoms with Crippen LogP contribution in [0.4, 0.5) is 17.3 Å². The molecular formula is C32H33N5O3. The molecule has 3 aromatic carbocycles. The standard InChI is InChI=1S/C32H33N5O3/c1-3-21-37(22-7-8-23(2)38)31(40)26-13-17-28(18-14-26)35-32-33-20-19-29(36-32)24-11-15-27(16-12-24)34-30(39)25-9-5-4-6-10-25/h4-6,9-20H,3,7-8,21-22H2,1-2H3,(H,34,39)(H,33,35,36). The van der Waals surface area contributed by atoms with Crippen molar-refractivity contribution in [1.82, 2.24) is 14.9 Å². The van der Waals surface area contributed by atoms with E-state index in [-0.39, 0.29) is 17.6 Å². The maximum Gasteiger partial charge on any atom is 0.255 e. The number of carbonyl (C=O) groups is 3. The number of aromatic nitrogens is 2. The van der Waals surface area contributed by atoms with Gasteiger partial charge in [-0.25, -0.2) is 9.97 Å². The second kappa shape index (κ2) is 13.8. The number of anilines is 3. The fourth-order valence-electron chi connectivity index (χ4n) is 4.21. The molecule has 0 atom stereocenters. The minimum Gasteiger partial charge on any atom is -0.339 e. The van der Waals surface area contributed by atoms with E-state index in [0.29, 0.717) is 48.7 Å². The van der Waals surface area contributed by atoms with Gasteiger partial charge in [0.15, 0.2) is 0 Å². The Bertz CT molecular complexity index is 1440. The lowest BCUT2D eigenvalue weighted by atomic mass is 10.1. The minimum absolute atomic E-state index is 0.0430. The third-order valence-corrected chi connectivity index (χ3v) is 6.26. The Kier molecular flexibility index (Phi) is 9.72. The highest BCUT2D eigenvalue weighted by Crippen LogP contribution is 2.22. The van der Waals surface area contributed by atoms with Crippen molar-refractivity contribution in [1.29, 1.82) is 0 Å². The highest BCUT2D eigenvalue weighted by molar-refractivity contribution is 6.04. The summed E-state index contributed by atoms with van der Waals surface area (Å²) in [7, 11) is 0. The molecule has 204 valence electrons. The van der Waals surface area contributed by atoms with Gasteiger partial charge in [0.25, 0.3) is 11.8 Å². The van der Waals surface area contributed by atoms with E-state index in [4.69, 9.17) is 0 Å². The van der Waals surface area contributed by atoms with Gasteiger partial charge in [-0.1, -0.05) is 37.3 Å². The lowest BCUT2D eigenvalue weighted by Gasteiger charge is -2.22. The van der Waals surface area contributed by atoms with Crippen LogP contribution in [0.2, 0.25) is 0 Å². The third kappa shape index (κ3) is 7.83. The Morgan fingerprint density at radius 3 is 2.17 bits per heavy atom.